The van der Waals surface area contributed by atoms with Gasteiger partial charge in [0.15, 0.2) is 6.29 Å². The Morgan fingerprint density at radius 2 is 1.17 bits per heavy atom. The fourth-order valence-corrected chi connectivity index (χ4v) is 4.28. The van der Waals surface area contributed by atoms with E-state index in [1.165, 1.54) is 0 Å². The summed E-state index contributed by atoms with van der Waals surface area (Å²) in [6.45, 7) is 0.402. The number of benzene rings is 3. The molecule has 0 amide bonds. The molecule has 0 aliphatic carbocycles. The highest BCUT2D eigenvalue weighted by Crippen LogP contribution is 2.44. The van der Waals surface area contributed by atoms with Crippen LogP contribution in [0.5, 0.6) is 0 Å². The zero-order valence-corrected chi connectivity index (χ0v) is 16.3. The molecule has 4 atom stereocenters. The van der Waals surface area contributed by atoms with E-state index in [4.69, 9.17) is 18.9 Å². The van der Waals surface area contributed by atoms with Gasteiger partial charge in [0.1, 0.15) is 23.9 Å². The van der Waals surface area contributed by atoms with E-state index in [9.17, 15) is 0 Å². The normalized spacial score (nSPS) is 25.6. The number of hydrogen-bond acceptors (Lipinski definition) is 4. The predicted molar refractivity (Wildman–Crippen MR) is 109 cm³/mol. The molecule has 0 radical (unpaired) electrons. The van der Waals surface area contributed by atoms with Crippen LogP contribution in [0, 0.1) is 0 Å². The van der Waals surface area contributed by atoms with Gasteiger partial charge in [0.2, 0.25) is 0 Å². The van der Waals surface area contributed by atoms with Crippen LogP contribution in [0.2, 0.25) is 0 Å². The first-order valence-electron chi connectivity index (χ1n) is 9.97. The van der Waals surface area contributed by atoms with E-state index in [1.807, 2.05) is 54.6 Å². The number of ether oxygens (including phenoxy) is 4. The lowest BCUT2D eigenvalue weighted by molar-refractivity contribution is -0.178. The van der Waals surface area contributed by atoms with Crippen LogP contribution >= 0.6 is 0 Å². The predicted octanol–water partition coefficient (Wildman–Crippen LogP) is 4.13. The van der Waals surface area contributed by atoms with Crippen LogP contribution in [-0.2, 0) is 24.5 Å². The van der Waals surface area contributed by atoms with Crippen molar-refractivity contribution >= 4 is 0 Å². The molecule has 0 bridgehead atoms. The van der Waals surface area contributed by atoms with E-state index < -0.39 is 5.60 Å². The van der Waals surface area contributed by atoms with Gasteiger partial charge in [-0.05, 0) is 16.7 Å². The quantitative estimate of drug-likeness (QED) is 0.451. The molecule has 2 aliphatic rings. The second kappa shape index (κ2) is 7.73. The van der Waals surface area contributed by atoms with E-state index in [-0.39, 0.29) is 24.6 Å². The Morgan fingerprint density at radius 1 is 0.690 bits per heavy atom. The van der Waals surface area contributed by atoms with Crippen molar-refractivity contribution < 1.29 is 18.9 Å². The van der Waals surface area contributed by atoms with Crippen molar-refractivity contribution in [2.45, 2.75) is 30.2 Å². The van der Waals surface area contributed by atoms with Crippen molar-refractivity contribution in [1.29, 1.82) is 0 Å². The molecule has 0 aromatic heterocycles. The van der Waals surface area contributed by atoms with Crippen molar-refractivity contribution in [3.63, 3.8) is 0 Å². The van der Waals surface area contributed by atoms with Crippen LogP contribution in [0.4, 0.5) is 0 Å². The summed E-state index contributed by atoms with van der Waals surface area (Å²) in [4.78, 5) is 0. The standard InChI is InChI=1S/C25H24O4/c1-26-24-23-22(29-23)21(28-24)17-27-25(18-11-5-2-6-12-18,19-13-7-3-8-14-19)20-15-9-4-10-16-20/h2-16,21-24H,17H2,1H3. The third-order valence-corrected chi connectivity index (χ3v) is 5.74. The zero-order valence-electron chi connectivity index (χ0n) is 16.3. The van der Waals surface area contributed by atoms with Gasteiger partial charge in [-0.15, -0.1) is 0 Å². The Morgan fingerprint density at radius 3 is 1.59 bits per heavy atom. The van der Waals surface area contributed by atoms with Gasteiger partial charge in [-0.3, -0.25) is 0 Å². The number of hydrogen-bond donors (Lipinski definition) is 0. The summed E-state index contributed by atoms with van der Waals surface area (Å²) in [6, 6.07) is 31.0. The maximum absolute atomic E-state index is 6.80. The lowest BCUT2D eigenvalue weighted by atomic mass is 9.80. The molecule has 2 heterocycles. The highest BCUT2D eigenvalue weighted by molar-refractivity contribution is 5.47. The van der Waals surface area contributed by atoms with Crippen LogP contribution in [0.25, 0.3) is 0 Å². The molecule has 148 valence electrons. The first-order valence-corrected chi connectivity index (χ1v) is 9.97. The van der Waals surface area contributed by atoms with Gasteiger partial charge < -0.3 is 18.9 Å². The molecular formula is C25H24O4. The Kier molecular flexibility index (Phi) is 4.94. The van der Waals surface area contributed by atoms with Gasteiger partial charge in [0.05, 0.1) is 6.61 Å². The number of rotatable bonds is 7. The number of fused-ring (bicyclic) bond motifs is 1. The Labute approximate surface area is 171 Å². The topological polar surface area (TPSA) is 40.2 Å². The molecule has 29 heavy (non-hydrogen) atoms. The molecule has 3 aromatic rings. The van der Waals surface area contributed by atoms with E-state index >= 15 is 0 Å². The van der Waals surface area contributed by atoms with Crippen molar-refractivity contribution in [2.24, 2.45) is 0 Å². The first-order chi connectivity index (χ1) is 14.3. The highest BCUT2D eigenvalue weighted by atomic mass is 16.8. The van der Waals surface area contributed by atoms with Crippen LogP contribution in [0.15, 0.2) is 91.0 Å². The van der Waals surface area contributed by atoms with Gasteiger partial charge in [-0.1, -0.05) is 91.0 Å². The third kappa shape index (κ3) is 3.28. The summed E-state index contributed by atoms with van der Waals surface area (Å²) in [5, 5.41) is 0. The highest BCUT2D eigenvalue weighted by Gasteiger charge is 2.59. The minimum atomic E-state index is -0.747. The molecule has 0 spiro atoms. The van der Waals surface area contributed by atoms with Crippen LogP contribution in [-0.4, -0.2) is 38.3 Å². The molecule has 2 saturated heterocycles. The van der Waals surface area contributed by atoms with Crippen molar-refractivity contribution in [1.82, 2.24) is 0 Å². The molecule has 3 aromatic carbocycles. The molecule has 0 saturated carbocycles. The molecule has 2 aliphatic heterocycles. The van der Waals surface area contributed by atoms with Gasteiger partial charge in [-0.25, -0.2) is 0 Å². The van der Waals surface area contributed by atoms with Gasteiger partial charge in [0, 0.05) is 7.11 Å². The summed E-state index contributed by atoms with van der Waals surface area (Å²) in [7, 11) is 1.65. The summed E-state index contributed by atoms with van der Waals surface area (Å²) >= 11 is 0. The lowest BCUT2D eigenvalue weighted by Gasteiger charge is -2.36. The molecule has 4 heteroatoms. The summed E-state index contributed by atoms with van der Waals surface area (Å²) in [6.07, 6.45) is -0.401. The minimum absolute atomic E-state index is 0.0215. The molecule has 2 fully saturated rings. The maximum atomic E-state index is 6.80. The average Bonchev–Trinajstić information content (AvgIpc) is 3.52. The van der Waals surface area contributed by atoms with Gasteiger partial charge in [0.25, 0.3) is 0 Å². The van der Waals surface area contributed by atoms with Crippen LogP contribution < -0.4 is 0 Å². The summed E-state index contributed by atoms with van der Waals surface area (Å²) in [5.41, 5.74) is 2.48. The Bertz CT molecular complexity index is 832. The smallest absolute Gasteiger partial charge is 0.186 e. The molecule has 5 rings (SSSR count). The molecule has 0 N–H and O–H groups in total. The second-order valence-corrected chi connectivity index (χ2v) is 7.43. The third-order valence-electron chi connectivity index (χ3n) is 5.74. The SMILES string of the molecule is COC1OC(COC(c2ccccc2)(c2ccccc2)c2ccccc2)C2OC12. The van der Waals surface area contributed by atoms with E-state index in [2.05, 4.69) is 36.4 Å². The molecule has 4 nitrogen and oxygen atoms in total. The van der Waals surface area contributed by atoms with Gasteiger partial charge in [-0.2, -0.15) is 0 Å². The fraction of sp³-hybridized carbons (Fsp3) is 0.280. The van der Waals surface area contributed by atoms with Crippen LogP contribution in [0.3, 0.4) is 0 Å². The van der Waals surface area contributed by atoms with E-state index in [0.29, 0.717) is 6.61 Å². The number of methoxy groups -OCH3 is 1. The maximum Gasteiger partial charge on any atom is 0.186 e. The molecular weight excluding hydrogens is 364 g/mol. The number of epoxide rings is 1. The second-order valence-electron chi connectivity index (χ2n) is 7.43. The van der Waals surface area contributed by atoms with Gasteiger partial charge >= 0.3 is 0 Å². The van der Waals surface area contributed by atoms with E-state index in [0.717, 1.165) is 16.7 Å². The average molecular weight is 388 g/mol. The monoisotopic (exact) mass is 388 g/mol. The van der Waals surface area contributed by atoms with Crippen molar-refractivity contribution in [2.75, 3.05) is 13.7 Å². The van der Waals surface area contributed by atoms with Crippen LogP contribution in [0.1, 0.15) is 16.7 Å². The fourth-order valence-electron chi connectivity index (χ4n) is 4.28. The van der Waals surface area contributed by atoms with Crippen molar-refractivity contribution in [3.8, 4) is 0 Å². The zero-order chi connectivity index (χ0) is 19.7. The Hall–Kier alpha value is -2.50. The molecule has 4 unspecified atom stereocenters. The van der Waals surface area contributed by atoms with E-state index in [1.54, 1.807) is 7.11 Å². The minimum Gasteiger partial charge on any atom is -0.361 e. The largest absolute Gasteiger partial charge is 0.361 e. The van der Waals surface area contributed by atoms with Crippen molar-refractivity contribution in [3.05, 3.63) is 108 Å². The summed E-state index contributed by atoms with van der Waals surface area (Å²) in [5.74, 6) is 0. The first kappa shape index (κ1) is 18.5. The summed E-state index contributed by atoms with van der Waals surface area (Å²) < 4.78 is 23.9. The Balaban J connectivity index is 1.57. The lowest BCUT2D eigenvalue weighted by Crippen LogP contribution is -2.37.